The highest BCUT2D eigenvalue weighted by Crippen LogP contribution is 2.14. The number of nitrogens with one attached hydrogen (secondary N) is 1. The van der Waals surface area contributed by atoms with Crippen LogP contribution in [0.2, 0.25) is 0 Å². The number of benzene rings is 1. The third-order valence-electron chi connectivity index (χ3n) is 3.23. The average Bonchev–Trinajstić information content (AvgIpc) is 2.86. The van der Waals surface area contributed by atoms with Crippen LogP contribution in [0.15, 0.2) is 48.7 Å². The molecule has 1 amide bonds. The van der Waals surface area contributed by atoms with Crippen molar-refractivity contribution in [2.75, 3.05) is 0 Å². The number of carboxylic acid groups (broad SMARTS) is 1. The summed E-state index contributed by atoms with van der Waals surface area (Å²) in [5, 5.41) is 12.7. The lowest BCUT2D eigenvalue weighted by molar-refractivity contribution is -0.141. The molecule has 0 saturated carbocycles. The summed E-state index contributed by atoms with van der Waals surface area (Å²) in [7, 11) is 0. The predicted molar refractivity (Wildman–Crippen MR) is 80.9 cm³/mol. The molecule has 1 atom stereocenters. The Morgan fingerprint density at radius 2 is 2.10 bits per heavy atom. The maximum atomic E-state index is 12.0. The first-order valence-corrected chi connectivity index (χ1v) is 6.79. The smallest absolute Gasteiger partial charge is 0.326 e. The average molecular weight is 286 g/mol. The lowest BCUT2D eigenvalue weighted by atomic mass is 10.2. The van der Waals surface area contributed by atoms with Crippen molar-refractivity contribution in [2.24, 2.45) is 0 Å². The van der Waals surface area contributed by atoms with Gasteiger partial charge in [0.1, 0.15) is 12.6 Å². The molecule has 1 aromatic heterocycles. The van der Waals surface area contributed by atoms with Gasteiger partial charge in [-0.05, 0) is 30.9 Å². The second kappa shape index (κ2) is 6.74. The van der Waals surface area contributed by atoms with Crippen molar-refractivity contribution in [3.8, 4) is 0 Å². The van der Waals surface area contributed by atoms with E-state index in [0.29, 0.717) is 0 Å². The Hall–Kier alpha value is -2.56. The van der Waals surface area contributed by atoms with E-state index in [-0.39, 0.29) is 18.9 Å². The van der Waals surface area contributed by atoms with E-state index in [1.165, 1.54) is 0 Å². The maximum Gasteiger partial charge on any atom is 0.326 e. The predicted octanol–water partition coefficient (Wildman–Crippen LogP) is 2.18. The molecule has 0 aliphatic heterocycles. The Kier molecular flexibility index (Phi) is 4.77. The van der Waals surface area contributed by atoms with Gasteiger partial charge in [-0.15, -0.1) is 0 Å². The number of para-hydroxylation sites is 1. The highest BCUT2D eigenvalue weighted by molar-refractivity contribution is 5.86. The van der Waals surface area contributed by atoms with Crippen molar-refractivity contribution >= 4 is 22.8 Å². The number of rotatable bonds is 6. The van der Waals surface area contributed by atoms with Crippen LogP contribution in [0.25, 0.3) is 10.9 Å². The number of carbonyl (C=O) groups is 2. The van der Waals surface area contributed by atoms with E-state index in [4.69, 9.17) is 5.11 Å². The van der Waals surface area contributed by atoms with Crippen LogP contribution in [0.3, 0.4) is 0 Å². The number of carbonyl (C=O) groups excluding carboxylic acids is 1. The largest absolute Gasteiger partial charge is 0.480 e. The van der Waals surface area contributed by atoms with E-state index in [1.54, 1.807) is 16.7 Å². The molecule has 5 nitrogen and oxygen atoms in total. The van der Waals surface area contributed by atoms with E-state index >= 15 is 0 Å². The molecule has 0 fully saturated rings. The summed E-state index contributed by atoms with van der Waals surface area (Å²) < 4.78 is 1.80. The SMILES string of the molecule is C/C=C/CC(NC(=O)Cn1ccc2ccccc21)C(=O)O. The fraction of sp³-hybridized carbons (Fsp3) is 0.250. The van der Waals surface area contributed by atoms with Gasteiger partial charge in [-0.25, -0.2) is 4.79 Å². The van der Waals surface area contributed by atoms with E-state index in [2.05, 4.69) is 5.32 Å². The summed E-state index contributed by atoms with van der Waals surface area (Å²) >= 11 is 0. The number of aromatic nitrogens is 1. The van der Waals surface area contributed by atoms with E-state index in [9.17, 15) is 9.59 Å². The molecule has 110 valence electrons. The monoisotopic (exact) mass is 286 g/mol. The second-order valence-electron chi connectivity index (χ2n) is 4.77. The molecule has 0 radical (unpaired) electrons. The minimum atomic E-state index is -1.03. The van der Waals surface area contributed by atoms with Gasteiger partial charge >= 0.3 is 5.97 Å². The van der Waals surface area contributed by atoms with Crippen molar-refractivity contribution in [3.63, 3.8) is 0 Å². The first-order chi connectivity index (χ1) is 10.1. The van der Waals surface area contributed by atoms with Crippen LogP contribution in [-0.4, -0.2) is 27.6 Å². The summed E-state index contributed by atoms with van der Waals surface area (Å²) in [5.74, 6) is -1.34. The lowest BCUT2D eigenvalue weighted by Crippen LogP contribution is -2.41. The highest BCUT2D eigenvalue weighted by atomic mass is 16.4. The van der Waals surface area contributed by atoms with Gasteiger partial charge in [0.2, 0.25) is 5.91 Å². The van der Waals surface area contributed by atoms with Crippen molar-refractivity contribution < 1.29 is 14.7 Å². The summed E-state index contributed by atoms with van der Waals surface area (Å²) in [6, 6.07) is 8.77. The molecular formula is C16H18N2O3. The molecule has 2 aromatic rings. The quantitative estimate of drug-likeness (QED) is 0.799. The molecule has 2 N–H and O–H groups in total. The van der Waals surface area contributed by atoms with Crippen molar-refractivity contribution in [2.45, 2.75) is 25.9 Å². The van der Waals surface area contributed by atoms with Gasteiger partial charge in [0.05, 0.1) is 0 Å². The molecule has 0 spiro atoms. The van der Waals surface area contributed by atoms with Gasteiger partial charge in [-0.2, -0.15) is 0 Å². The lowest BCUT2D eigenvalue weighted by Gasteiger charge is -2.13. The van der Waals surface area contributed by atoms with Crippen LogP contribution in [0.4, 0.5) is 0 Å². The first-order valence-electron chi connectivity index (χ1n) is 6.79. The minimum absolute atomic E-state index is 0.104. The molecule has 5 heteroatoms. The number of carboxylic acids is 1. The van der Waals surface area contributed by atoms with Crippen molar-refractivity contribution in [1.29, 1.82) is 0 Å². The number of hydrogen-bond acceptors (Lipinski definition) is 2. The zero-order valence-corrected chi connectivity index (χ0v) is 11.8. The van der Waals surface area contributed by atoms with Crippen LogP contribution in [0, 0.1) is 0 Å². The number of allylic oxidation sites excluding steroid dienone is 1. The van der Waals surface area contributed by atoms with Gasteiger partial charge in [0.25, 0.3) is 0 Å². The van der Waals surface area contributed by atoms with Crippen LogP contribution < -0.4 is 5.32 Å². The summed E-state index contributed by atoms with van der Waals surface area (Å²) in [6.45, 7) is 1.92. The fourth-order valence-electron chi connectivity index (χ4n) is 2.17. The normalized spacial score (nSPS) is 12.6. The second-order valence-corrected chi connectivity index (χ2v) is 4.77. The molecular weight excluding hydrogens is 268 g/mol. The molecule has 0 aliphatic rings. The summed E-state index contributed by atoms with van der Waals surface area (Å²) in [6.07, 6.45) is 5.60. The van der Waals surface area contributed by atoms with E-state index < -0.39 is 12.0 Å². The number of fused-ring (bicyclic) bond motifs is 1. The number of nitrogens with zero attached hydrogens (tertiary/aromatic N) is 1. The minimum Gasteiger partial charge on any atom is -0.480 e. The van der Waals surface area contributed by atoms with Crippen LogP contribution in [0.5, 0.6) is 0 Å². The molecule has 1 aromatic carbocycles. The summed E-state index contributed by atoms with van der Waals surface area (Å²) in [5.41, 5.74) is 0.952. The van der Waals surface area contributed by atoms with Gasteiger partial charge in [0, 0.05) is 11.7 Å². The topological polar surface area (TPSA) is 71.3 Å². The van der Waals surface area contributed by atoms with Crippen molar-refractivity contribution in [1.82, 2.24) is 9.88 Å². The molecule has 0 bridgehead atoms. The van der Waals surface area contributed by atoms with Crippen LogP contribution in [0.1, 0.15) is 13.3 Å². The first kappa shape index (κ1) is 14.8. The fourth-order valence-corrected chi connectivity index (χ4v) is 2.17. The zero-order valence-electron chi connectivity index (χ0n) is 11.8. The molecule has 21 heavy (non-hydrogen) atoms. The van der Waals surface area contributed by atoms with E-state index in [0.717, 1.165) is 10.9 Å². The summed E-state index contributed by atoms with van der Waals surface area (Å²) in [4.78, 5) is 23.1. The van der Waals surface area contributed by atoms with E-state index in [1.807, 2.05) is 43.5 Å². The Morgan fingerprint density at radius 1 is 1.33 bits per heavy atom. The Labute approximate surface area is 122 Å². The highest BCUT2D eigenvalue weighted by Gasteiger charge is 2.18. The molecule has 1 unspecified atom stereocenters. The third-order valence-corrected chi connectivity index (χ3v) is 3.23. The molecule has 0 saturated heterocycles. The third kappa shape index (κ3) is 3.72. The van der Waals surface area contributed by atoms with Crippen LogP contribution in [-0.2, 0) is 16.1 Å². The number of amides is 1. The van der Waals surface area contributed by atoms with Gasteiger partial charge in [0.15, 0.2) is 0 Å². The number of aliphatic carboxylic acids is 1. The Bertz CT molecular complexity index is 673. The van der Waals surface area contributed by atoms with Crippen LogP contribution >= 0.6 is 0 Å². The molecule has 1 heterocycles. The Morgan fingerprint density at radius 3 is 2.81 bits per heavy atom. The van der Waals surface area contributed by atoms with Crippen molar-refractivity contribution in [3.05, 3.63) is 48.7 Å². The zero-order chi connectivity index (χ0) is 15.2. The van der Waals surface area contributed by atoms with Gasteiger partial charge in [-0.3, -0.25) is 4.79 Å². The van der Waals surface area contributed by atoms with Gasteiger partial charge < -0.3 is 15.0 Å². The Balaban J connectivity index is 2.05. The standard InChI is InChI=1S/C16H18N2O3/c1-2-3-7-13(16(20)21)17-15(19)11-18-10-9-12-6-4-5-8-14(12)18/h2-6,8-10,13H,7,11H2,1H3,(H,17,19)(H,20,21)/b3-2+. The number of hydrogen-bond donors (Lipinski definition) is 2. The molecule has 0 aliphatic carbocycles. The maximum absolute atomic E-state index is 12.0. The van der Waals surface area contributed by atoms with Gasteiger partial charge in [-0.1, -0.05) is 30.4 Å². The molecule has 2 rings (SSSR count).